The van der Waals surface area contributed by atoms with Gasteiger partial charge in [-0.25, -0.2) is 4.79 Å². The van der Waals surface area contributed by atoms with Gasteiger partial charge in [-0.3, -0.25) is 4.90 Å². The van der Waals surface area contributed by atoms with Crippen LogP contribution in [0.25, 0.3) is 5.69 Å². The first-order chi connectivity index (χ1) is 11.3. The predicted octanol–water partition coefficient (Wildman–Crippen LogP) is 4.07. The lowest BCUT2D eigenvalue weighted by Gasteiger charge is -2.18. The third-order valence-corrected chi connectivity index (χ3v) is 4.15. The van der Waals surface area contributed by atoms with E-state index in [-0.39, 0.29) is 6.03 Å². The van der Waals surface area contributed by atoms with Crippen LogP contribution in [0.15, 0.2) is 73.1 Å². The average Bonchev–Trinajstić information content (AvgIpc) is 3.25. The highest BCUT2D eigenvalue weighted by atomic mass is 16.2. The molecule has 0 atom stereocenters. The van der Waals surface area contributed by atoms with E-state index in [1.54, 1.807) is 4.90 Å². The van der Waals surface area contributed by atoms with Crippen molar-refractivity contribution in [2.45, 2.75) is 6.42 Å². The molecule has 23 heavy (non-hydrogen) atoms. The summed E-state index contributed by atoms with van der Waals surface area (Å²) in [4.78, 5) is 14.3. The summed E-state index contributed by atoms with van der Waals surface area (Å²) in [5.41, 5.74) is 4.11. The molecule has 0 spiro atoms. The number of hydrogen-bond donors (Lipinski definition) is 1. The minimum Gasteiger partial charge on any atom is -0.324 e. The van der Waals surface area contributed by atoms with Crippen LogP contribution in [-0.2, 0) is 6.42 Å². The maximum atomic E-state index is 12.5. The van der Waals surface area contributed by atoms with Crippen LogP contribution in [0.4, 0.5) is 16.2 Å². The van der Waals surface area contributed by atoms with Crippen LogP contribution >= 0.6 is 0 Å². The Labute approximate surface area is 135 Å². The lowest BCUT2D eigenvalue weighted by Crippen LogP contribution is -2.33. The van der Waals surface area contributed by atoms with Crippen LogP contribution in [0, 0.1) is 0 Å². The van der Waals surface area contributed by atoms with E-state index in [4.69, 9.17) is 0 Å². The minimum absolute atomic E-state index is 0.0799. The monoisotopic (exact) mass is 303 g/mol. The van der Waals surface area contributed by atoms with Crippen molar-refractivity contribution in [2.75, 3.05) is 16.8 Å². The predicted molar refractivity (Wildman–Crippen MR) is 92.3 cm³/mol. The number of urea groups is 1. The highest BCUT2D eigenvalue weighted by molar-refractivity contribution is 6.03. The Morgan fingerprint density at radius 1 is 0.913 bits per heavy atom. The molecule has 4 heteroatoms. The van der Waals surface area contributed by atoms with Gasteiger partial charge in [-0.1, -0.05) is 18.2 Å². The third-order valence-electron chi connectivity index (χ3n) is 4.15. The van der Waals surface area contributed by atoms with Crippen molar-refractivity contribution >= 4 is 17.4 Å². The van der Waals surface area contributed by atoms with Crippen molar-refractivity contribution in [3.8, 4) is 5.69 Å². The maximum Gasteiger partial charge on any atom is 0.326 e. The topological polar surface area (TPSA) is 37.3 Å². The Morgan fingerprint density at radius 2 is 1.65 bits per heavy atom. The molecule has 2 aromatic carbocycles. The van der Waals surface area contributed by atoms with Gasteiger partial charge in [0.05, 0.1) is 0 Å². The molecule has 4 nitrogen and oxygen atoms in total. The fourth-order valence-corrected chi connectivity index (χ4v) is 2.96. The Hall–Kier alpha value is -3.01. The number of rotatable bonds is 2. The lowest BCUT2D eigenvalue weighted by molar-refractivity contribution is 0.257. The van der Waals surface area contributed by atoms with Crippen molar-refractivity contribution in [2.24, 2.45) is 0 Å². The van der Waals surface area contributed by atoms with Gasteiger partial charge in [-0.15, -0.1) is 0 Å². The summed E-state index contributed by atoms with van der Waals surface area (Å²) in [6.07, 6.45) is 4.90. The van der Waals surface area contributed by atoms with Gasteiger partial charge in [0.1, 0.15) is 0 Å². The summed E-state index contributed by atoms with van der Waals surface area (Å²) < 4.78 is 2.03. The third kappa shape index (κ3) is 2.59. The van der Waals surface area contributed by atoms with E-state index in [1.165, 1.54) is 5.56 Å². The van der Waals surface area contributed by atoms with E-state index >= 15 is 0 Å². The molecule has 0 saturated heterocycles. The quantitative estimate of drug-likeness (QED) is 0.761. The summed E-state index contributed by atoms with van der Waals surface area (Å²) in [6, 6.07) is 19.8. The Bertz CT molecular complexity index is 822. The summed E-state index contributed by atoms with van der Waals surface area (Å²) in [7, 11) is 0. The molecule has 2 amide bonds. The lowest BCUT2D eigenvalue weighted by atomic mass is 10.2. The van der Waals surface area contributed by atoms with Crippen LogP contribution < -0.4 is 10.2 Å². The number of nitrogens with one attached hydrogen (secondary N) is 1. The van der Waals surface area contributed by atoms with E-state index in [0.717, 1.165) is 30.0 Å². The molecule has 114 valence electrons. The van der Waals surface area contributed by atoms with Gasteiger partial charge in [0, 0.05) is 36.0 Å². The number of aromatic nitrogens is 1. The van der Waals surface area contributed by atoms with Gasteiger partial charge in [0.15, 0.2) is 0 Å². The molecule has 3 aromatic rings. The van der Waals surface area contributed by atoms with Crippen molar-refractivity contribution < 1.29 is 4.79 Å². The number of carbonyl (C=O) groups excluding carboxylic acids is 1. The fraction of sp³-hybridized carbons (Fsp3) is 0.105. The van der Waals surface area contributed by atoms with Gasteiger partial charge >= 0.3 is 6.03 Å². The number of carbonyl (C=O) groups is 1. The summed E-state index contributed by atoms with van der Waals surface area (Å²) in [5, 5.41) is 2.97. The summed E-state index contributed by atoms with van der Waals surface area (Å²) in [6.45, 7) is 0.729. The molecule has 0 fully saturated rings. The van der Waals surface area contributed by atoms with E-state index in [2.05, 4.69) is 11.4 Å². The van der Waals surface area contributed by atoms with E-state index < -0.39 is 0 Å². The molecule has 0 aliphatic carbocycles. The number of hydrogen-bond acceptors (Lipinski definition) is 1. The summed E-state index contributed by atoms with van der Waals surface area (Å²) >= 11 is 0. The van der Waals surface area contributed by atoms with Gasteiger partial charge in [0.25, 0.3) is 0 Å². The zero-order chi connectivity index (χ0) is 15.6. The second kappa shape index (κ2) is 5.65. The van der Waals surface area contributed by atoms with Gasteiger partial charge in [-0.2, -0.15) is 0 Å². The molecule has 0 bridgehead atoms. The zero-order valence-electron chi connectivity index (χ0n) is 12.6. The SMILES string of the molecule is O=C(Nc1ccc(-n2cccc2)cc1)N1CCc2ccccc21. The first-order valence-corrected chi connectivity index (χ1v) is 7.71. The molecule has 0 radical (unpaired) electrons. The number of benzene rings is 2. The van der Waals surface area contributed by atoms with Crippen molar-refractivity contribution in [1.29, 1.82) is 0 Å². The average molecular weight is 303 g/mol. The molecular formula is C19H17N3O. The molecule has 2 heterocycles. The van der Waals surface area contributed by atoms with Gasteiger partial charge in [0.2, 0.25) is 0 Å². The maximum absolute atomic E-state index is 12.5. The largest absolute Gasteiger partial charge is 0.326 e. The highest BCUT2D eigenvalue weighted by Crippen LogP contribution is 2.28. The Balaban J connectivity index is 1.49. The van der Waals surface area contributed by atoms with Crippen LogP contribution in [0.1, 0.15) is 5.56 Å². The smallest absolute Gasteiger partial charge is 0.324 e. The number of para-hydroxylation sites is 1. The molecule has 0 saturated carbocycles. The molecule has 0 unspecified atom stereocenters. The molecule has 1 N–H and O–H groups in total. The normalized spacial score (nSPS) is 13.0. The fourth-order valence-electron chi connectivity index (χ4n) is 2.96. The number of fused-ring (bicyclic) bond motifs is 1. The zero-order valence-corrected chi connectivity index (χ0v) is 12.6. The molecular weight excluding hydrogens is 286 g/mol. The molecule has 1 aliphatic heterocycles. The second-order valence-corrected chi connectivity index (χ2v) is 5.60. The first-order valence-electron chi connectivity index (χ1n) is 7.71. The van der Waals surface area contributed by atoms with Crippen LogP contribution in [-0.4, -0.2) is 17.1 Å². The Morgan fingerprint density at radius 3 is 2.43 bits per heavy atom. The van der Waals surface area contributed by atoms with Crippen molar-refractivity contribution in [3.05, 3.63) is 78.6 Å². The van der Waals surface area contributed by atoms with Crippen LogP contribution in [0.3, 0.4) is 0 Å². The number of amides is 2. The van der Waals surface area contributed by atoms with E-state index in [9.17, 15) is 4.79 Å². The molecule has 1 aromatic heterocycles. The number of nitrogens with zero attached hydrogens (tertiary/aromatic N) is 2. The van der Waals surface area contributed by atoms with E-state index in [1.807, 2.05) is 71.6 Å². The molecule has 1 aliphatic rings. The minimum atomic E-state index is -0.0799. The second-order valence-electron chi connectivity index (χ2n) is 5.60. The highest BCUT2D eigenvalue weighted by Gasteiger charge is 2.23. The van der Waals surface area contributed by atoms with Gasteiger partial charge in [-0.05, 0) is 54.4 Å². The Kier molecular flexibility index (Phi) is 3.35. The van der Waals surface area contributed by atoms with Crippen LogP contribution in [0.5, 0.6) is 0 Å². The van der Waals surface area contributed by atoms with E-state index in [0.29, 0.717) is 0 Å². The molecule has 4 rings (SSSR count). The van der Waals surface area contributed by atoms with Gasteiger partial charge < -0.3 is 9.88 Å². The summed E-state index contributed by atoms with van der Waals surface area (Å²) in [5.74, 6) is 0. The van der Waals surface area contributed by atoms with Crippen molar-refractivity contribution in [1.82, 2.24) is 4.57 Å². The standard InChI is InChI=1S/C19H17N3O/c23-19(22-14-11-15-5-1-2-6-18(15)22)20-16-7-9-17(10-8-16)21-12-3-4-13-21/h1-10,12-13H,11,14H2,(H,20,23). The number of anilines is 2. The first kappa shape index (κ1) is 13.6. The van der Waals surface area contributed by atoms with Crippen molar-refractivity contribution in [3.63, 3.8) is 0 Å². The van der Waals surface area contributed by atoms with Crippen LogP contribution in [0.2, 0.25) is 0 Å².